The smallest absolute Gasteiger partial charge is 0.411 e. The first-order valence-electron chi connectivity index (χ1n) is 10.5. The Labute approximate surface area is 183 Å². The fraction of sp³-hybridized carbons (Fsp3) is 0.400. The Kier molecular flexibility index (Phi) is 6.78. The first kappa shape index (κ1) is 22.5. The molecular formula is C25H30N2O4. The van der Waals surface area contributed by atoms with Gasteiger partial charge >= 0.3 is 6.09 Å². The molecule has 0 saturated carbocycles. The van der Waals surface area contributed by atoms with Gasteiger partial charge in [0.05, 0.1) is 31.4 Å². The van der Waals surface area contributed by atoms with Gasteiger partial charge in [-0.25, -0.2) is 4.79 Å². The number of benzene rings is 2. The van der Waals surface area contributed by atoms with Crippen molar-refractivity contribution in [3.05, 3.63) is 59.2 Å². The summed E-state index contributed by atoms with van der Waals surface area (Å²) in [6.07, 6.45) is 0.515. The van der Waals surface area contributed by atoms with Gasteiger partial charge in [-0.1, -0.05) is 19.9 Å². The van der Waals surface area contributed by atoms with Crippen molar-refractivity contribution in [3.63, 3.8) is 0 Å². The zero-order valence-corrected chi connectivity index (χ0v) is 18.8. The number of fused-ring (bicyclic) bond motifs is 1. The molecule has 6 nitrogen and oxygen atoms in total. The number of carbonyl (C=O) groups excluding carboxylic acids is 2. The zero-order valence-electron chi connectivity index (χ0n) is 18.8. The van der Waals surface area contributed by atoms with E-state index < -0.39 is 6.09 Å². The fourth-order valence-electron chi connectivity index (χ4n) is 3.56. The fourth-order valence-corrected chi connectivity index (χ4v) is 3.56. The summed E-state index contributed by atoms with van der Waals surface area (Å²) in [5, 5.41) is 2.67. The van der Waals surface area contributed by atoms with Gasteiger partial charge in [-0.05, 0) is 68.1 Å². The number of ether oxygens (including phenoxy) is 2. The number of nitrogens with one attached hydrogen (secondary N) is 1. The van der Waals surface area contributed by atoms with Gasteiger partial charge in [0, 0.05) is 16.8 Å². The summed E-state index contributed by atoms with van der Waals surface area (Å²) < 4.78 is 10.5. The number of rotatable bonds is 7. The molecule has 0 saturated heterocycles. The molecule has 2 aromatic rings. The average Bonchev–Trinajstić information content (AvgIpc) is 2.71. The van der Waals surface area contributed by atoms with E-state index in [0.29, 0.717) is 17.9 Å². The van der Waals surface area contributed by atoms with E-state index in [0.717, 1.165) is 23.4 Å². The maximum atomic E-state index is 13.0. The molecule has 0 bridgehead atoms. The molecule has 1 amide bonds. The van der Waals surface area contributed by atoms with Crippen molar-refractivity contribution in [1.82, 2.24) is 0 Å². The highest BCUT2D eigenvalue weighted by Gasteiger charge is 2.28. The zero-order chi connectivity index (χ0) is 22.6. The Balaban J connectivity index is 1.72. The molecular weight excluding hydrogens is 392 g/mol. The van der Waals surface area contributed by atoms with Crippen LogP contribution in [0.3, 0.4) is 0 Å². The molecule has 3 rings (SSSR count). The Morgan fingerprint density at radius 3 is 2.48 bits per heavy atom. The molecule has 164 valence electrons. The van der Waals surface area contributed by atoms with Gasteiger partial charge in [-0.15, -0.1) is 0 Å². The lowest BCUT2D eigenvalue weighted by Gasteiger charge is -2.29. The van der Waals surface area contributed by atoms with E-state index in [2.05, 4.69) is 19.2 Å². The average molecular weight is 423 g/mol. The highest BCUT2D eigenvalue weighted by atomic mass is 16.5. The molecule has 1 aliphatic rings. The van der Waals surface area contributed by atoms with Crippen LogP contribution >= 0.6 is 0 Å². The van der Waals surface area contributed by atoms with Crippen LogP contribution in [0.4, 0.5) is 10.5 Å². The van der Waals surface area contributed by atoms with Crippen molar-refractivity contribution >= 4 is 23.3 Å². The first-order valence-corrected chi connectivity index (χ1v) is 10.5. The number of ketones is 1. The van der Waals surface area contributed by atoms with Gasteiger partial charge in [0.15, 0.2) is 5.78 Å². The van der Waals surface area contributed by atoms with E-state index in [1.165, 1.54) is 5.56 Å². The van der Waals surface area contributed by atoms with Gasteiger partial charge in [0.25, 0.3) is 0 Å². The van der Waals surface area contributed by atoms with Gasteiger partial charge in [0.2, 0.25) is 0 Å². The normalized spacial score (nSPS) is 14.5. The van der Waals surface area contributed by atoms with E-state index in [1.807, 2.05) is 32.0 Å². The maximum Gasteiger partial charge on any atom is 0.411 e. The van der Waals surface area contributed by atoms with Crippen molar-refractivity contribution in [2.24, 2.45) is 10.9 Å². The van der Waals surface area contributed by atoms with E-state index in [4.69, 9.17) is 14.5 Å². The summed E-state index contributed by atoms with van der Waals surface area (Å²) >= 11 is 0. The van der Waals surface area contributed by atoms with Crippen LogP contribution < -0.4 is 10.1 Å². The van der Waals surface area contributed by atoms with Crippen LogP contribution in [0.15, 0.2) is 47.5 Å². The molecule has 0 atom stereocenters. The second-order valence-corrected chi connectivity index (χ2v) is 8.87. The number of methoxy groups -OCH3 is 1. The van der Waals surface area contributed by atoms with E-state index >= 15 is 0 Å². The number of carbonyl (C=O) groups is 2. The SMILES string of the molecule is COc1ccc2c(c1)C(CC(=O)c1ccc(NC(=O)OCC(C)C)cc1)=NC(C)(C)C2. The number of amides is 1. The minimum atomic E-state index is -0.503. The second kappa shape index (κ2) is 9.33. The minimum Gasteiger partial charge on any atom is -0.497 e. The van der Waals surface area contributed by atoms with Crippen LogP contribution in [0, 0.1) is 5.92 Å². The van der Waals surface area contributed by atoms with Crippen LogP contribution in [-0.4, -0.2) is 36.8 Å². The monoisotopic (exact) mass is 422 g/mol. The van der Waals surface area contributed by atoms with Crippen molar-refractivity contribution in [2.45, 2.75) is 46.1 Å². The van der Waals surface area contributed by atoms with Crippen LogP contribution in [-0.2, 0) is 11.2 Å². The van der Waals surface area contributed by atoms with Crippen LogP contribution in [0.2, 0.25) is 0 Å². The molecule has 0 fully saturated rings. The van der Waals surface area contributed by atoms with Gasteiger partial charge in [0.1, 0.15) is 5.75 Å². The molecule has 2 aromatic carbocycles. The predicted molar refractivity (Wildman–Crippen MR) is 123 cm³/mol. The summed E-state index contributed by atoms with van der Waals surface area (Å²) in [7, 11) is 1.63. The van der Waals surface area contributed by atoms with Crippen LogP contribution in [0.1, 0.15) is 55.6 Å². The number of Topliss-reactive ketones (excluding diaryl/α,β-unsaturated/α-hetero) is 1. The van der Waals surface area contributed by atoms with Gasteiger partial charge in [-0.2, -0.15) is 0 Å². The maximum absolute atomic E-state index is 13.0. The van der Waals surface area contributed by atoms with Crippen molar-refractivity contribution in [3.8, 4) is 5.75 Å². The first-order chi connectivity index (χ1) is 14.7. The lowest BCUT2D eigenvalue weighted by Crippen LogP contribution is -2.30. The number of hydrogen-bond donors (Lipinski definition) is 1. The number of aliphatic imine (C=N–C) groups is 1. The third-order valence-corrected chi connectivity index (χ3v) is 5.02. The number of nitrogens with zero attached hydrogens (tertiary/aromatic N) is 1. The Hall–Kier alpha value is -3.15. The molecule has 0 aromatic heterocycles. The molecule has 1 aliphatic heterocycles. The summed E-state index contributed by atoms with van der Waals surface area (Å²) in [5.41, 5.74) is 3.80. The molecule has 1 N–H and O–H groups in total. The Morgan fingerprint density at radius 1 is 1.13 bits per heavy atom. The summed E-state index contributed by atoms with van der Waals surface area (Å²) in [5.74, 6) is 0.987. The van der Waals surface area contributed by atoms with Crippen molar-refractivity contribution in [2.75, 3.05) is 19.0 Å². The van der Waals surface area contributed by atoms with E-state index in [9.17, 15) is 9.59 Å². The highest BCUT2D eigenvalue weighted by molar-refractivity contribution is 6.17. The Morgan fingerprint density at radius 2 is 1.84 bits per heavy atom. The largest absolute Gasteiger partial charge is 0.497 e. The third-order valence-electron chi connectivity index (χ3n) is 5.02. The van der Waals surface area contributed by atoms with Crippen molar-refractivity contribution < 1.29 is 19.1 Å². The topological polar surface area (TPSA) is 77.0 Å². The molecule has 1 heterocycles. The molecule has 0 aliphatic carbocycles. The molecule has 31 heavy (non-hydrogen) atoms. The van der Waals surface area contributed by atoms with Crippen molar-refractivity contribution in [1.29, 1.82) is 0 Å². The number of hydrogen-bond acceptors (Lipinski definition) is 5. The molecule has 0 radical (unpaired) electrons. The van der Waals surface area contributed by atoms with Crippen LogP contribution in [0.5, 0.6) is 5.75 Å². The van der Waals surface area contributed by atoms with Crippen LogP contribution in [0.25, 0.3) is 0 Å². The summed E-state index contributed by atoms with van der Waals surface area (Å²) in [6, 6.07) is 12.8. The summed E-state index contributed by atoms with van der Waals surface area (Å²) in [4.78, 5) is 29.6. The van der Waals surface area contributed by atoms with Gasteiger partial charge < -0.3 is 9.47 Å². The van der Waals surface area contributed by atoms with Gasteiger partial charge in [-0.3, -0.25) is 15.1 Å². The highest BCUT2D eigenvalue weighted by Crippen LogP contribution is 2.31. The Bertz CT molecular complexity index is 991. The molecule has 6 heteroatoms. The molecule has 0 unspecified atom stereocenters. The van der Waals surface area contributed by atoms with E-state index in [1.54, 1.807) is 31.4 Å². The lowest BCUT2D eigenvalue weighted by atomic mass is 9.85. The summed E-state index contributed by atoms with van der Waals surface area (Å²) in [6.45, 7) is 8.44. The number of anilines is 1. The third kappa shape index (κ3) is 5.94. The predicted octanol–water partition coefficient (Wildman–Crippen LogP) is 5.30. The lowest BCUT2D eigenvalue weighted by molar-refractivity contribution is 0.100. The second-order valence-electron chi connectivity index (χ2n) is 8.87. The standard InChI is InChI=1S/C25H30N2O4/c1-16(2)15-31-24(29)26-19-9-6-17(7-10-19)23(28)13-22-21-12-20(30-5)11-8-18(21)14-25(3,4)27-22/h6-12,16H,13-15H2,1-5H3,(H,26,29). The molecule has 0 spiro atoms. The quantitative estimate of drug-likeness (QED) is 0.615. The minimum absolute atomic E-state index is 0.0286. The van der Waals surface area contributed by atoms with E-state index in [-0.39, 0.29) is 23.7 Å².